The number of benzene rings is 1. The number of nitrogens with zero attached hydrogens (tertiary/aromatic N) is 2. The van der Waals surface area contributed by atoms with Gasteiger partial charge in [0.2, 0.25) is 0 Å². The summed E-state index contributed by atoms with van der Waals surface area (Å²) >= 11 is 0. The Morgan fingerprint density at radius 1 is 0.964 bits per heavy atom. The van der Waals surface area contributed by atoms with Crippen molar-refractivity contribution in [2.45, 2.75) is 88.8 Å². The Kier molecular flexibility index (Phi) is 5.83. The first kappa shape index (κ1) is 20.3. The van der Waals surface area contributed by atoms with E-state index in [0.29, 0.717) is 5.56 Å². The van der Waals surface area contributed by atoms with Crippen molar-refractivity contribution in [3.8, 4) is 0 Å². The number of aliphatic hydroxyl groups is 1. The molecular formula is C24H37FN2O. The number of likely N-dealkylation sites (tertiary alicyclic amines) is 2. The smallest absolute Gasteiger partial charge is 0.126 e. The summed E-state index contributed by atoms with van der Waals surface area (Å²) in [5, 5.41) is 12.6. The van der Waals surface area contributed by atoms with Crippen LogP contribution < -0.4 is 0 Å². The van der Waals surface area contributed by atoms with Gasteiger partial charge in [-0.1, -0.05) is 25.0 Å². The molecule has 1 aromatic carbocycles. The Bertz CT molecular complexity index is 683. The highest BCUT2D eigenvalue weighted by Crippen LogP contribution is 2.51. The lowest BCUT2D eigenvalue weighted by molar-refractivity contribution is -0.185. The lowest BCUT2D eigenvalue weighted by Crippen LogP contribution is -2.71. The summed E-state index contributed by atoms with van der Waals surface area (Å²) in [4.78, 5) is 5.11. The van der Waals surface area contributed by atoms with Crippen LogP contribution in [0.1, 0.15) is 75.8 Å². The van der Waals surface area contributed by atoms with Crippen molar-refractivity contribution in [1.82, 2.24) is 9.80 Å². The van der Waals surface area contributed by atoms with Gasteiger partial charge in [-0.3, -0.25) is 9.80 Å². The average molecular weight is 389 g/mol. The summed E-state index contributed by atoms with van der Waals surface area (Å²) in [7, 11) is 0. The molecular weight excluding hydrogens is 351 g/mol. The molecule has 2 heterocycles. The fourth-order valence-corrected chi connectivity index (χ4v) is 6.25. The second kappa shape index (κ2) is 8.04. The molecule has 2 aliphatic heterocycles. The Morgan fingerprint density at radius 2 is 1.61 bits per heavy atom. The molecule has 0 bridgehead atoms. The van der Waals surface area contributed by atoms with E-state index in [4.69, 9.17) is 0 Å². The molecule has 4 heteroatoms. The van der Waals surface area contributed by atoms with E-state index in [0.717, 1.165) is 51.0 Å². The minimum atomic E-state index is -0.974. The molecule has 3 unspecified atom stereocenters. The van der Waals surface area contributed by atoms with E-state index in [1.54, 1.807) is 6.07 Å². The van der Waals surface area contributed by atoms with Crippen LogP contribution in [0.5, 0.6) is 0 Å². The molecule has 0 amide bonds. The highest BCUT2D eigenvalue weighted by molar-refractivity contribution is 5.35. The van der Waals surface area contributed by atoms with Crippen LogP contribution in [0.4, 0.5) is 4.39 Å². The number of rotatable bonds is 3. The zero-order valence-electron chi connectivity index (χ0n) is 17.7. The molecule has 0 aromatic heterocycles. The molecule has 0 spiro atoms. The number of hydrogen-bond donors (Lipinski definition) is 1. The van der Waals surface area contributed by atoms with Crippen LogP contribution in [0.3, 0.4) is 0 Å². The van der Waals surface area contributed by atoms with Crippen molar-refractivity contribution in [2.24, 2.45) is 0 Å². The zero-order chi connectivity index (χ0) is 19.8. The van der Waals surface area contributed by atoms with Gasteiger partial charge in [0.05, 0.1) is 5.54 Å². The van der Waals surface area contributed by atoms with Crippen molar-refractivity contribution in [3.05, 3.63) is 35.1 Å². The van der Waals surface area contributed by atoms with Gasteiger partial charge in [0.25, 0.3) is 0 Å². The first-order valence-electron chi connectivity index (χ1n) is 11.4. The summed E-state index contributed by atoms with van der Waals surface area (Å²) in [6.45, 7) is 8.37. The summed E-state index contributed by atoms with van der Waals surface area (Å²) < 4.78 is 14.1. The fourth-order valence-electron chi connectivity index (χ4n) is 6.25. The quantitative estimate of drug-likeness (QED) is 0.819. The Morgan fingerprint density at radius 3 is 2.25 bits per heavy atom. The van der Waals surface area contributed by atoms with E-state index < -0.39 is 5.60 Å². The number of hydrogen-bond acceptors (Lipinski definition) is 3. The molecule has 0 radical (unpaired) electrons. The van der Waals surface area contributed by atoms with Gasteiger partial charge in [-0.25, -0.2) is 4.39 Å². The summed E-state index contributed by atoms with van der Waals surface area (Å²) in [6, 6.07) is 5.44. The van der Waals surface area contributed by atoms with Gasteiger partial charge >= 0.3 is 0 Å². The van der Waals surface area contributed by atoms with E-state index in [9.17, 15) is 9.50 Å². The van der Waals surface area contributed by atoms with Crippen LogP contribution in [-0.2, 0) is 5.60 Å². The van der Waals surface area contributed by atoms with Crippen molar-refractivity contribution in [2.75, 3.05) is 26.2 Å². The standard InChI is InChI=1S/C24H37FN2O/c1-19-18-20(11-12-21(19)25)24(28)22(26-14-5-3-6-15-26)10-9-13-23(24,2)27-16-7-4-8-17-27/h11-12,18,22,28H,3-10,13-17H2,1-2H3. The van der Waals surface area contributed by atoms with E-state index in [2.05, 4.69) is 16.7 Å². The predicted molar refractivity (Wildman–Crippen MR) is 112 cm³/mol. The third-order valence-corrected chi connectivity index (χ3v) is 7.93. The molecule has 1 aromatic rings. The molecule has 3 aliphatic rings. The van der Waals surface area contributed by atoms with E-state index in [-0.39, 0.29) is 17.4 Å². The van der Waals surface area contributed by atoms with Gasteiger partial charge in [-0.2, -0.15) is 0 Å². The van der Waals surface area contributed by atoms with Gasteiger partial charge in [0.15, 0.2) is 0 Å². The maximum absolute atomic E-state index is 14.1. The van der Waals surface area contributed by atoms with Crippen LogP contribution in [-0.4, -0.2) is 52.7 Å². The summed E-state index contributed by atoms with van der Waals surface area (Å²) in [5.74, 6) is -0.183. The van der Waals surface area contributed by atoms with Crippen LogP contribution >= 0.6 is 0 Å². The molecule has 2 saturated heterocycles. The molecule has 3 nitrogen and oxygen atoms in total. The van der Waals surface area contributed by atoms with Crippen LogP contribution in [0.25, 0.3) is 0 Å². The Hall–Kier alpha value is -0.970. The Labute approximate surface area is 169 Å². The molecule has 3 atom stereocenters. The highest BCUT2D eigenvalue weighted by Gasteiger charge is 2.59. The first-order chi connectivity index (χ1) is 13.5. The first-order valence-corrected chi connectivity index (χ1v) is 11.4. The van der Waals surface area contributed by atoms with Crippen LogP contribution in [0.15, 0.2) is 18.2 Å². The van der Waals surface area contributed by atoms with Crippen LogP contribution in [0, 0.1) is 12.7 Å². The molecule has 3 fully saturated rings. The SMILES string of the molecule is Cc1cc(C2(O)C(N3CCCCC3)CCCC2(C)N2CCCCC2)ccc1F. The van der Waals surface area contributed by atoms with E-state index >= 15 is 0 Å². The minimum absolute atomic E-state index is 0.110. The molecule has 1 saturated carbocycles. The Balaban J connectivity index is 1.80. The molecule has 156 valence electrons. The third kappa shape index (κ3) is 3.32. The maximum Gasteiger partial charge on any atom is 0.126 e. The number of piperidine rings is 2. The van der Waals surface area contributed by atoms with E-state index in [1.165, 1.54) is 38.5 Å². The van der Waals surface area contributed by atoms with Gasteiger partial charge in [-0.05, 0) is 102 Å². The zero-order valence-corrected chi connectivity index (χ0v) is 17.7. The van der Waals surface area contributed by atoms with Crippen molar-refractivity contribution in [1.29, 1.82) is 0 Å². The fraction of sp³-hybridized carbons (Fsp3) is 0.750. The van der Waals surface area contributed by atoms with Crippen molar-refractivity contribution in [3.63, 3.8) is 0 Å². The third-order valence-electron chi connectivity index (χ3n) is 7.93. The van der Waals surface area contributed by atoms with E-state index in [1.807, 2.05) is 19.1 Å². The summed E-state index contributed by atoms with van der Waals surface area (Å²) in [5.41, 5.74) is 0.265. The van der Waals surface area contributed by atoms with Crippen molar-refractivity contribution < 1.29 is 9.50 Å². The summed E-state index contributed by atoms with van der Waals surface area (Å²) in [6.07, 6.45) is 10.6. The lowest BCUT2D eigenvalue weighted by Gasteiger charge is -2.61. The van der Waals surface area contributed by atoms with Crippen molar-refractivity contribution >= 4 is 0 Å². The monoisotopic (exact) mass is 388 g/mol. The maximum atomic E-state index is 14.1. The predicted octanol–water partition coefficient (Wildman–Crippen LogP) is 4.60. The van der Waals surface area contributed by atoms with Gasteiger partial charge < -0.3 is 5.11 Å². The lowest BCUT2D eigenvalue weighted by atomic mass is 9.62. The molecule has 28 heavy (non-hydrogen) atoms. The topological polar surface area (TPSA) is 26.7 Å². The molecule has 4 rings (SSSR count). The second-order valence-corrected chi connectivity index (χ2v) is 9.56. The molecule has 1 aliphatic carbocycles. The number of aryl methyl sites for hydroxylation is 1. The van der Waals surface area contributed by atoms with Gasteiger partial charge in [0.1, 0.15) is 11.4 Å². The highest BCUT2D eigenvalue weighted by atomic mass is 19.1. The number of halogens is 1. The minimum Gasteiger partial charge on any atom is -0.382 e. The average Bonchev–Trinajstić information content (AvgIpc) is 2.73. The normalized spacial score (nSPS) is 35.8. The second-order valence-electron chi connectivity index (χ2n) is 9.56. The largest absolute Gasteiger partial charge is 0.382 e. The van der Waals surface area contributed by atoms with Gasteiger partial charge in [-0.15, -0.1) is 0 Å². The molecule has 1 N–H and O–H groups in total. The van der Waals surface area contributed by atoms with Crippen LogP contribution in [0.2, 0.25) is 0 Å². The van der Waals surface area contributed by atoms with Gasteiger partial charge in [0, 0.05) is 6.04 Å².